The molecule has 6 rings (SSSR count). The monoisotopic (exact) mass is 572 g/mol. The van der Waals surface area contributed by atoms with Crippen molar-refractivity contribution < 1.29 is 13.9 Å². The van der Waals surface area contributed by atoms with Crippen LogP contribution >= 0.6 is 23.2 Å². The van der Waals surface area contributed by atoms with E-state index in [2.05, 4.69) is 25.1 Å². The van der Waals surface area contributed by atoms with Gasteiger partial charge in [-0.25, -0.2) is 0 Å². The molecule has 1 aromatic carbocycles. The topological polar surface area (TPSA) is 87.0 Å². The SMILES string of the molecule is C[C@H]1c2c(Cl)cc(Cl)cc2CCN1C(=O)[C@H]1CN(c2cncc3nc(NCCN4CCCCC4)oc23)CCO1. The van der Waals surface area contributed by atoms with Crippen molar-refractivity contribution in [3.05, 3.63) is 45.7 Å². The largest absolute Gasteiger partial charge is 0.421 e. The van der Waals surface area contributed by atoms with Crippen LogP contribution in [0, 0.1) is 0 Å². The summed E-state index contributed by atoms with van der Waals surface area (Å²) in [6, 6.07) is 4.02. The van der Waals surface area contributed by atoms with Crippen LogP contribution in [0.3, 0.4) is 0 Å². The maximum Gasteiger partial charge on any atom is 0.295 e. The second kappa shape index (κ2) is 11.5. The van der Waals surface area contributed by atoms with Gasteiger partial charge in [-0.2, -0.15) is 4.98 Å². The number of ether oxygens (including phenoxy) is 1. The van der Waals surface area contributed by atoms with E-state index in [-0.39, 0.29) is 11.9 Å². The molecule has 3 aliphatic heterocycles. The maximum absolute atomic E-state index is 13.7. The van der Waals surface area contributed by atoms with Crippen molar-refractivity contribution in [2.45, 2.75) is 44.8 Å². The fourth-order valence-corrected chi connectivity index (χ4v) is 6.74. The standard InChI is InChI=1S/C28H34Cl2N6O3/c1-18-25-19(13-20(29)14-21(25)30)5-9-36(18)27(37)24-17-35(11-12-38-24)23-16-31-15-22-26(23)39-28(33-22)32-6-10-34-7-3-2-4-8-34/h13-16,18,24H,2-12,17H2,1H3,(H,32,33)/t18-,24+/m0/s1. The molecule has 3 aromatic rings. The van der Waals surface area contributed by atoms with Crippen LogP contribution in [0.2, 0.25) is 10.0 Å². The minimum absolute atomic E-state index is 0.0401. The summed E-state index contributed by atoms with van der Waals surface area (Å²) in [6.07, 6.45) is 7.46. The van der Waals surface area contributed by atoms with Gasteiger partial charge in [0, 0.05) is 36.2 Å². The van der Waals surface area contributed by atoms with Crippen molar-refractivity contribution in [1.29, 1.82) is 0 Å². The molecule has 2 atom stereocenters. The fraction of sp³-hybridized carbons (Fsp3) is 0.536. The van der Waals surface area contributed by atoms with Crippen LogP contribution in [-0.2, 0) is 16.0 Å². The van der Waals surface area contributed by atoms with Crippen LogP contribution in [0.5, 0.6) is 0 Å². The number of amides is 1. The van der Waals surface area contributed by atoms with E-state index in [9.17, 15) is 4.79 Å². The van der Waals surface area contributed by atoms with Gasteiger partial charge < -0.3 is 29.2 Å². The number of fused-ring (bicyclic) bond motifs is 2. The Balaban J connectivity index is 1.14. The van der Waals surface area contributed by atoms with Gasteiger partial charge in [-0.15, -0.1) is 0 Å². The average molecular weight is 574 g/mol. The van der Waals surface area contributed by atoms with E-state index in [4.69, 9.17) is 32.4 Å². The molecule has 2 saturated heterocycles. The lowest BCUT2D eigenvalue weighted by molar-refractivity contribution is -0.147. The van der Waals surface area contributed by atoms with E-state index in [1.807, 2.05) is 17.9 Å². The third-order valence-corrected chi connectivity index (χ3v) is 8.62. The van der Waals surface area contributed by atoms with Crippen molar-refractivity contribution in [3.8, 4) is 0 Å². The first-order chi connectivity index (χ1) is 19.0. The van der Waals surface area contributed by atoms with E-state index in [0.717, 1.165) is 43.0 Å². The Hall–Kier alpha value is -2.59. The summed E-state index contributed by atoms with van der Waals surface area (Å²) in [5.74, 6) is -0.0401. The van der Waals surface area contributed by atoms with E-state index in [1.54, 1.807) is 18.5 Å². The summed E-state index contributed by atoms with van der Waals surface area (Å²) in [6.45, 7) is 8.12. The number of carbonyl (C=O) groups is 1. The number of pyridine rings is 1. The van der Waals surface area contributed by atoms with Crippen LogP contribution in [0.25, 0.3) is 11.1 Å². The number of hydrogen-bond donors (Lipinski definition) is 1. The van der Waals surface area contributed by atoms with Crippen LogP contribution in [0.4, 0.5) is 11.7 Å². The summed E-state index contributed by atoms with van der Waals surface area (Å²) in [4.78, 5) is 29.2. The summed E-state index contributed by atoms with van der Waals surface area (Å²) >= 11 is 12.7. The number of carbonyl (C=O) groups excluding carboxylic acids is 1. The Bertz CT molecular complexity index is 1340. The zero-order valence-electron chi connectivity index (χ0n) is 22.2. The molecule has 1 N–H and O–H groups in total. The van der Waals surface area contributed by atoms with Gasteiger partial charge in [-0.1, -0.05) is 29.6 Å². The van der Waals surface area contributed by atoms with Gasteiger partial charge in [0.05, 0.1) is 31.6 Å². The summed E-state index contributed by atoms with van der Waals surface area (Å²) in [7, 11) is 0. The first kappa shape index (κ1) is 26.6. The van der Waals surface area contributed by atoms with Gasteiger partial charge in [-0.3, -0.25) is 9.78 Å². The first-order valence-electron chi connectivity index (χ1n) is 13.8. The van der Waals surface area contributed by atoms with Gasteiger partial charge in [0.25, 0.3) is 11.9 Å². The first-order valence-corrected chi connectivity index (χ1v) is 14.6. The van der Waals surface area contributed by atoms with Crippen molar-refractivity contribution in [1.82, 2.24) is 19.8 Å². The van der Waals surface area contributed by atoms with E-state index in [1.165, 1.54) is 19.3 Å². The number of piperidine rings is 1. The van der Waals surface area contributed by atoms with Gasteiger partial charge in [0.15, 0.2) is 11.7 Å². The van der Waals surface area contributed by atoms with Gasteiger partial charge in [0.1, 0.15) is 11.2 Å². The number of anilines is 2. The van der Waals surface area contributed by atoms with Crippen molar-refractivity contribution in [3.63, 3.8) is 0 Å². The summed E-state index contributed by atoms with van der Waals surface area (Å²) in [5.41, 5.74) is 4.24. The minimum atomic E-state index is -0.603. The van der Waals surface area contributed by atoms with Crippen molar-refractivity contribution in [2.24, 2.45) is 0 Å². The third-order valence-electron chi connectivity index (χ3n) is 8.09. The van der Waals surface area contributed by atoms with E-state index in [0.29, 0.717) is 59.8 Å². The number of morpholine rings is 1. The molecule has 11 heteroatoms. The summed E-state index contributed by atoms with van der Waals surface area (Å²) < 4.78 is 12.1. The Kier molecular flexibility index (Phi) is 7.84. The third kappa shape index (κ3) is 5.55. The molecule has 0 radical (unpaired) electrons. The van der Waals surface area contributed by atoms with Gasteiger partial charge in [0.2, 0.25) is 0 Å². The van der Waals surface area contributed by atoms with Crippen LogP contribution in [0.15, 0.2) is 28.9 Å². The number of nitrogens with zero attached hydrogens (tertiary/aromatic N) is 5. The van der Waals surface area contributed by atoms with Crippen molar-refractivity contribution in [2.75, 3.05) is 62.6 Å². The van der Waals surface area contributed by atoms with Gasteiger partial charge >= 0.3 is 0 Å². The Labute approximate surface area is 238 Å². The molecule has 9 nitrogen and oxygen atoms in total. The zero-order chi connectivity index (χ0) is 26.9. The zero-order valence-corrected chi connectivity index (χ0v) is 23.7. The second-order valence-electron chi connectivity index (χ2n) is 10.6. The number of benzene rings is 1. The number of nitrogens with one attached hydrogen (secondary N) is 1. The van der Waals surface area contributed by atoms with E-state index < -0.39 is 6.10 Å². The highest BCUT2D eigenvalue weighted by molar-refractivity contribution is 6.35. The highest BCUT2D eigenvalue weighted by Gasteiger charge is 2.36. The molecule has 0 spiro atoms. The molecule has 0 saturated carbocycles. The predicted molar refractivity (Wildman–Crippen MR) is 153 cm³/mol. The molecule has 5 heterocycles. The lowest BCUT2D eigenvalue weighted by Crippen LogP contribution is -2.53. The quantitative estimate of drug-likeness (QED) is 0.451. The molecule has 2 fully saturated rings. The fourth-order valence-electron chi connectivity index (χ4n) is 6.05. The Morgan fingerprint density at radius 1 is 1.13 bits per heavy atom. The molecular weight excluding hydrogens is 539 g/mol. The lowest BCUT2D eigenvalue weighted by Gasteiger charge is -2.40. The molecule has 3 aliphatic rings. The molecule has 0 aliphatic carbocycles. The number of aromatic nitrogens is 2. The second-order valence-corrected chi connectivity index (χ2v) is 11.4. The number of halogens is 2. The van der Waals surface area contributed by atoms with E-state index >= 15 is 0 Å². The number of rotatable bonds is 6. The van der Waals surface area contributed by atoms with Crippen LogP contribution in [0.1, 0.15) is 43.4 Å². The number of oxazole rings is 1. The van der Waals surface area contributed by atoms with Crippen molar-refractivity contribution >= 4 is 51.9 Å². The van der Waals surface area contributed by atoms with Gasteiger partial charge in [-0.05, 0) is 62.5 Å². The summed E-state index contributed by atoms with van der Waals surface area (Å²) in [5, 5.41) is 4.54. The molecule has 0 unspecified atom stereocenters. The van der Waals surface area contributed by atoms with Crippen LogP contribution in [-0.4, -0.2) is 84.2 Å². The normalized spacial score (nSPS) is 22.2. The minimum Gasteiger partial charge on any atom is -0.421 e. The molecule has 2 aromatic heterocycles. The van der Waals surface area contributed by atoms with Crippen LogP contribution < -0.4 is 10.2 Å². The predicted octanol–water partition coefficient (Wildman–Crippen LogP) is 4.78. The highest BCUT2D eigenvalue weighted by atomic mass is 35.5. The Morgan fingerprint density at radius 3 is 2.82 bits per heavy atom. The highest BCUT2D eigenvalue weighted by Crippen LogP contribution is 2.38. The maximum atomic E-state index is 13.7. The lowest BCUT2D eigenvalue weighted by atomic mass is 9.93. The number of hydrogen-bond acceptors (Lipinski definition) is 8. The molecule has 0 bridgehead atoms. The smallest absolute Gasteiger partial charge is 0.295 e. The Morgan fingerprint density at radius 2 is 1.97 bits per heavy atom. The molecular formula is C28H34Cl2N6O3. The molecule has 39 heavy (non-hydrogen) atoms. The molecule has 1 amide bonds. The number of likely N-dealkylation sites (tertiary alicyclic amines) is 1. The average Bonchev–Trinajstić information content (AvgIpc) is 3.36. The molecule has 208 valence electrons.